The molecule has 2 aliphatic rings. The minimum absolute atomic E-state index is 0.0125. The summed E-state index contributed by atoms with van der Waals surface area (Å²) in [5, 5.41) is 18.0. The maximum Gasteiger partial charge on any atom is 0.471 e. The van der Waals surface area contributed by atoms with E-state index in [1.807, 2.05) is 6.07 Å². The zero-order valence-corrected chi connectivity index (χ0v) is 16.9. The first-order valence-corrected chi connectivity index (χ1v) is 9.68. The highest BCUT2D eigenvalue weighted by atomic mass is 19.4. The zero-order chi connectivity index (χ0) is 23.0. The highest BCUT2D eigenvalue weighted by Gasteiger charge is 2.46. The molecule has 2 amide bonds. The van der Waals surface area contributed by atoms with E-state index in [2.05, 4.69) is 25.3 Å². The molecule has 3 rings (SSSR count). The van der Waals surface area contributed by atoms with Crippen LogP contribution in [0.1, 0.15) is 50.7 Å². The van der Waals surface area contributed by atoms with Gasteiger partial charge in [0.15, 0.2) is 5.82 Å². The molecule has 0 aromatic carbocycles. The monoisotopic (exact) mass is 446 g/mol. The number of aromatic nitrogens is 2. The van der Waals surface area contributed by atoms with Crippen LogP contribution < -0.4 is 10.6 Å². The first kappa shape index (κ1) is 22.9. The summed E-state index contributed by atoms with van der Waals surface area (Å²) in [6.07, 6.45) is -5.59. The van der Waals surface area contributed by atoms with Gasteiger partial charge in [0.2, 0.25) is 11.8 Å². The lowest BCUT2D eigenvalue weighted by Gasteiger charge is -2.27. The van der Waals surface area contributed by atoms with Gasteiger partial charge in [-0.05, 0) is 20.3 Å². The molecule has 1 saturated heterocycles. The number of carbonyl (C=O) groups excluding carboxylic acids is 2. The Morgan fingerprint density at radius 3 is 2.65 bits per heavy atom. The molecule has 9 nitrogen and oxygen atoms in total. The molecule has 0 bridgehead atoms. The Morgan fingerprint density at radius 1 is 1.32 bits per heavy atom. The van der Waals surface area contributed by atoms with Gasteiger partial charge in [-0.15, -0.1) is 0 Å². The Hall–Kier alpha value is -2.75. The van der Waals surface area contributed by atoms with Crippen molar-refractivity contribution in [2.24, 2.45) is 0 Å². The number of hydrogen-bond acceptors (Lipinski definition) is 7. The Morgan fingerprint density at radius 2 is 2.03 bits per heavy atom. The number of halogens is 4. The number of nitriles is 1. The summed E-state index contributed by atoms with van der Waals surface area (Å²) in [5.41, 5.74) is -0.795. The third kappa shape index (κ3) is 5.69. The van der Waals surface area contributed by atoms with E-state index in [-0.39, 0.29) is 37.7 Å². The second-order valence-electron chi connectivity index (χ2n) is 8.41. The van der Waals surface area contributed by atoms with E-state index in [1.165, 1.54) is 4.90 Å². The minimum Gasteiger partial charge on any atom is -0.353 e. The van der Waals surface area contributed by atoms with Crippen LogP contribution in [0, 0.1) is 11.3 Å². The largest absolute Gasteiger partial charge is 0.471 e. The quantitative estimate of drug-likeness (QED) is 0.605. The Balaban J connectivity index is 1.44. The number of alkyl halides is 4. The van der Waals surface area contributed by atoms with Crippen LogP contribution in [-0.2, 0) is 15.8 Å². The van der Waals surface area contributed by atoms with Crippen LogP contribution in [0.5, 0.6) is 0 Å². The molecule has 170 valence electrons. The van der Waals surface area contributed by atoms with Gasteiger partial charge in [0, 0.05) is 30.3 Å². The van der Waals surface area contributed by atoms with Gasteiger partial charge >= 0.3 is 12.1 Å². The van der Waals surface area contributed by atoms with Crippen LogP contribution in [0.4, 0.5) is 17.6 Å². The molecular formula is C18H22F4N6O3. The molecule has 1 aromatic heterocycles. The maximum absolute atomic E-state index is 13.5. The van der Waals surface area contributed by atoms with E-state index in [1.54, 1.807) is 13.8 Å². The van der Waals surface area contributed by atoms with Crippen LogP contribution in [0.2, 0.25) is 0 Å². The molecule has 0 radical (unpaired) electrons. The van der Waals surface area contributed by atoms with Crippen molar-refractivity contribution in [1.82, 2.24) is 25.7 Å². The number of carbonyl (C=O) groups is 2. The lowest BCUT2D eigenvalue weighted by molar-refractivity contribution is -0.159. The summed E-state index contributed by atoms with van der Waals surface area (Å²) in [7, 11) is 0. The molecule has 1 aliphatic heterocycles. The van der Waals surface area contributed by atoms with Crippen molar-refractivity contribution in [3.8, 4) is 6.07 Å². The summed E-state index contributed by atoms with van der Waals surface area (Å²) < 4.78 is 55.3. The second-order valence-corrected chi connectivity index (χ2v) is 8.41. The smallest absolute Gasteiger partial charge is 0.353 e. The first-order valence-electron chi connectivity index (χ1n) is 9.68. The van der Waals surface area contributed by atoms with Gasteiger partial charge in [-0.3, -0.25) is 9.59 Å². The van der Waals surface area contributed by atoms with E-state index in [9.17, 15) is 27.2 Å². The van der Waals surface area contributed by atoms with Gasteiger partial charge in [-0.1, -0.05) is 5.16 Å². The van der Waals surface area contributed by atoms with Crippen molar-refractivity contribution < 1.29 is 31.7 Å². The van der Waals surface area contributed by atoms with Gasteiger partial charge in [-0.25, -0.2) is 4.39 Å². The Labute approximate surface area is 175 Å². The van der Waals surface area contributed by atoms with E-state index >= 15 is 0 Å². The van der Waals surface area contributed by atoms with E-state index in [4.69, 9.17) is 5.26 Å². The number of likely N-dealkylation sites (tertiary alicyclic amines) is 1. The average molecular weight is 446 g/mol. The van der Waals surface area contributed by atoms with E-state index in [0.29, 0.717) is 6.42 Å². The molecule has 4 atom stereocenters. The first-order chi connectivity index (χ1) is 14.4. The highest BCUT2D eigenvalue weighted by molar-refractivity contribution is 5.80. The lowest BCUT2D eigenvalue weighted by atomic mass is 10.00. The maximum atomic E-state index is 13.5. The normalized spacial score (nSPS) is 25.9. The summed E-state index contributed by atoms with van der Waals surface area (Å²) >= 11 is 0. The van der Waals surface area contributed by atoms with Crippen LogP contribution in [0.3, 0.4) is 0 Å². The molecule has 13 heteroatoms. The zero-order valence-electron chi connectivity index (χ0n) is 16.9. The molecule has 2 fully saturated rings. The third-order valence-corrected chi connectivity index (χ3v) is 5.19. The number of rotatable bonds is 7. The summed E-state index contributed by atoms with van der Waals surface area (Å²) in [5.74, 6) is -2.78. The lowest BCUT2D eigenvalue weighted by Crippen LogP contribution is -2.49. The van der Waals surface area contributed by atoms with Crippen LogP contribution in [0.25, 0.3) is 0 Å². The van der Waals surface area contributed by atoms with Crippen molar-refractivity contribution in [1.29, 1.82) is 5.26 Å². The van der Waals surface area contributed by atoms with Crippen LogP contribution >= 0.6 is 0 Å². The van der Waals surface area contributed by atoms with E-state index < -0.39 is 47.7 Å². The highest BCUT2D eigenvalue weighted by Crippen LogP contribution is 2.40. The molecule has 1 aromatic rings. The second kappa shape index (κ2) is 8.41. The third-order valence-electron chi connectivity index (χ3n) is 5.19. The van der Waals surface area contributed by atoms with Crippen LogP contribution in [0.15, 0.2) is 4.52 Å². The molecule has 31 heavy (non-hydrogen) atoms. The summed E-state index contributed by atoms with van der Waals surface area (Å²) in [4.78, 5) is 29.1. The Bertz CT molecular complexity index is 880. The number of amides is 2. The fourth-order valence-electron chi connectivity index (χ4n) is 3.46. The number of hydrogen-bond donors (Lipinski definition) is 2. The fraction of sp³-hybridized carbons (Fsp3) is 0.722. The van der Waals surface area contributed by atoms with Gasteiger partial charge in [-0.2, -0.15) is 23.4 Å². The van der Waals surface area contributed by atoms with Crippen molar-refractivity contribution in [2.45, 2.75) is 69.0 Å². The van der Waals surface area contributed by atoms with Gasteiger partial charge in [0.05, 0.1) is 19.2 Å². The van der Waals surface area contributed by atoms with E-state index in [0.717, 1.165) is 0 Å². The van der Waals surface area contributed by atoms with Crippen molar-refractivity contribution in [2.75, 3.05) is 13.1 Å². The van der Waals surface area contributed by atoms with Gasteiger partial charge < -0.3 is 20.1 Å². The summed E-state index contributed by atoms with van der Waals surface area (Å²) in [6, 6.07) is 0.707. The topological polar surface area (TPSA) is 124 Å². The molecule has 0 spiro atoms. The minimum atomic E-state index is -4.72. The van der Waals surface area contributed by atoms with Crippen molar-refractivity contribution in [3.05, 3.63) is 11.7 Å². The van der Waals surface area contributed by atoms with Gasteiger partial charge in [0.1, 0.15) is 12.2 Å². The molecule has 2 heterocycles. The Kier molecular flexibility index (Phi) is 6.22. The molecule has 1 saturated carbocycles. The van der Waals surface area contributed by atoms with Crippen molar-refractivity contribution >= 4 is 11.8 Å². The predicted molar refractivity (Wildman–Crippen MR) is 95.9 cm³/mol. The standard InChI is InChI=1S/C18H22F4N6O3/c1-17(2,24-7-14(30)28-8-9(19)3-10(28)6-23)5-13(29)25-12-4-11(12)15-26-16(31-27-15)18(20,21)22/h9-12,24H,3-5,7-8H2,1-2H3,(H,25,29)/t9-,10?,11-,12-/m0/s1. The molecular weight excluding hydrogens is 424 g/mol. The summed E-state index contributed by atoms with van der Waals surface area (Å²) in [6.45, 7) is 3.10. The van der Waals surface area contributed by atoms with Crippen LogP contribution in [-0.4, -0.2) is 63.7 Å². The molecule has 2 N–H and O–H groups in total. The van der Waals surface area contributed by atoms with Gasteiger partial charge in [0.25, 0.3) is 0 Å². The predicted octanol–water partition coefficient (Wildman–Crippen LogP) is 1.28. The SMILES string of the molecule is CC(C)(CC(=O)N[C@H]1C[C@@H]1c1noc(C(F)(F)F)n1)NCC(=O)N1C[C@@H](F)CC1C#N. The molecule has 1 unspecified atom stereocenters. The number of nitrogens with zero attached hydrogens (tertiary/aromatic N) is 4. The number of nitrogens with one attached hydrogen (secondary N) is 2. The fourth-order valence-corrected chi connectivity index (χ4v) is 3.46. The molecule has 1 aliphatic carbocycles. The average Bonchev–Trinajstić information content (AvgIpc) is 3.07. The van der Waals surface area contributed by atoms with Crippen molar-refractivity contribution in [3.63, 3.8) is 0 Å².